The Balaban J connectivity index is 4.30. The number of carbonyl (C=O) groups is 2. The third kappa shape index (κ3) is 67.7. The van der Waals surface area contributed by atoms with E-state index in [4.69, 9.17) is 18.5 Å². The van der Waals surface area contributed by atoms with E-state index >= 15 is 0 Å². The van der Waals surface area contributed by atoms with E-state index in [1.54, 1.807) is 0 Å². The molecule has 0 aliphatic rings. The van der Waals surface area contributed by atoms with Crippen LogP contribution in [0.1, 0.15) is 206 Å². The number of phosphoric acid groups is 1. The van der Waals surface area contributed by atoms with Crippen molar-refractivity contribution < 1.29 is 42.1 Å². The molecule has 0 aliphatic heterocycles. The van der Waals surface area contributed by atoms with Crippen molar-refractivity contribution in [3.05, 3.63) is 207 Å². The quantitative estimate of drug-likeness (QED) is 0.0211. The van der Waals surface area contributed by atoms with Gasteiger partial charge in [-0.25, -0.2) is 4.57 Å². The number of carbonyl (C=O) groups excluding carboxylic acids is 2. The van der Waals surface area contributed by atoms with E-state index in [-0.39, 0.29) is 26.1 Å². The summed E-state index contributed by atoms with van der Waals surface area (Å²) in [6, 6.07) is 0. The largest absolute Gasteiger partial charge is 0.472 e. The normalized spacial score (nSPS) is 14.5. The summed E-state index contributed by atoms with van der Waals surface area (Å²) in [7, 11) is 1.41. The highest BCUT2D eigenvalue weighted by Crippen LogP contribution is 2.43. The number of allylic oxidation sites excluding steroid dienone is 34. The van der Waals surface area contributed by atoms with Crippen molar-refractivity contribution in [2.24, 2.45) is 0 Å². The van der Waals surface area contributed by atoms with Crippen LogP contribution in [0.25, 0.3) is 0 Å². The molecule has 0 spiro atoms. The van der Waals surface area contributed by atoms with Gasteiger partial charge in [-0.1, -0.05) is 253 Å². The van der Waals surface area contributed by atoms with Crippen molar-refractivity contribution in [1.29, 1.82) is 0 Å². The molecule has 0 bridgehead atoms. The molecule has 0 aliphatic carbocycles. The molecule has 480 valence electrons. The topological polar surface area (TPSA) is 108 Å². The molecule has 0 saturated carbocycles. The van der Waals surface area contributed by atoms with E-state index in [0.29, 0.717) is 23.9 Å². The van der Waals surface area contributed by atoms with Crippen molar-refractivity contribution in [3.8, 4) is 0 Å². The van der Waals surface area contributed by atoms with Gasteiger partial charge in [0, 0.05) is 12.8 Å². The Labute approximate surface area is 525 Å². The Morgan fingerprint density at radius 3 is 0.942 bits per heavy atom. The first-order chi connectivity index (χ1) is 42.0. The predicted octanol–water partition coefficient (Wildman–Crippen LogP) is 21.5. The minimum atomic E-state index is -4.42. The average Bonchev–Trinajstić information content (AvgIpc) is 3.56. The molecule has 0 aromatic carbocycles. The molecule has 2 atom stereocenters. The number of likely N-dealkylation sites (N-methyl/N-ethyl adjacent to an activating group) is 1. The fraction of sp³-hybridized carbons (Fsp3) is 0.526. The lowest BCUT2D eigenvalue weighted by Gasteiger charge is -2.24. The van der Waals surface area contributed by atoms with Crippen LogP contribution >= 0.6 is 7.82 Å². The second kappa shape index (κ2) is 64.1. The Hall–Kier alpha value is -5.41. The molecule has 2 unspecified atom stereocenters. The third-order valence-corrected chi connectivity index (χ3v) is 13.8. The summed E-state index contributed by atoms with van der Waals surface area (Å²) in [5.41, 5.74) is 0. The lowest BCUT2D eigenvalue weighted by Crippen LogP contribution is -2.37. The van der Waals surface area contributed by atoms with Gasteiger partial charge in [0.05, 0.1) is 27.7 Å². The van der Waals surface area contributed by atoms with E-state index in [1.807, 2.05) is 21.1 Å². The van der Waals surface area contributed by atoms with Gasteiger partial charge >= 0.3 is 19.8 Å². The summed E-state index contributed by atoms with van der Waals surface area (Å²) in [6.45, 7) is 4.11. The molecule has 0 amide bonds. The molecular formula is C76H119NO8P+. The number of ether oxygens (including phenoxy) is 2. The first-order valence-corrected chi connectivity index (χ1v) is 34.3. The zero-order valence-corrected chi connectivity index (χ0v) is 55.3. The first kappa shape index (κ1) is 80.6. The van der Waals surface area contributed by atoms with E-state index in [9.17, 15) is 19.0 Å². The number of hydrogen-bond acceptors (Lipinski definition) is 7. The van der Waals surface area contributed by atoms with Crippen LogP contribution in [0.3, 0.4) is 0 Å². The van der Waals surface area contributed by atoms with Gasteiger partial charge in [0.15, 0.2) is 6.10 Å². The monoisotopic (exact) mass is 1200 g/mol. The summed E-state index contributed by atoms with van der Waals surface area (Å²) in [5, 5.41) is 0. The van der Waals surface area contributed by atoms with Crippen LogP contribution in [0.4, 0.5) is 0 Å². The Morgan fingerprint density at radius 2 is 0.628 bits per heavy atom. The molecule has 9 nitrogen and oxygen atoms in total. The number of rotatable bonds is 57. The summed E-state index contributed by atoms with van der Waals surface area (Å²) in [6.07, 6.45) is 102. The number of hydrogen-bond donors (Lipinski definition) is 1. The van der Waals surface area contributed by atoms with Crippen LogP contribution in [-0.2, 0) is 32.7 Å². The summed E-state index contributed by atoms with van der Waals surface area (Å²) in [5.74, 6) is -0.873. The molecule has 0 aromatic heterocycles. The van der Waals surface area contributed by atoms with Gasteiger partial charge in [0.25, 0.3) is 0 Å². The van der Waals surface area contributed by atoms with Crippen LogP contribution in [0.15, 0.2) is 207 Å². The number of esters is 2. The van der Waals surface area contributed by atoms with Crippen LogP contribution in [0.5, 0.6) is 0 Å². The molecule has 0 saturated heterocycles. The van der Waals surface area contributed by atoms with Crippen LogP contribution in [0.2, 0.25) is 0 Å². The highest BCUT2D eigenvalue weighted by atomic mass is 31.2. The second-order valence-corrected chi connectivity index (χ2v) is 23.5. The molecule has 0 fully saturated rings. The molecule has 0 rings (SSSR count). The van der Waals surface area contributed by atoms with Crippen LogP contribution in [-0.4, -0.2) is 74.9 Å². The van der Waals surface area contributed by atoms with Gasteiger partial charge in [-0.15, -0.1) is 0 Å². The van der Waals surface area contributed by atoms with Gasteiger partial charge in [0.2, 0.25) is 0 Å². The minimum Gasteiger partial charge on any atom is -0.462 e. The lowest BCUT2D eigenvalue weighted by atomic mass is 10.1. The average molecular weight is 1210 g/mol. The fourth-order valence-electron chi connectivity index (χ4n) is 7.84. The van der Waals surface area contributed by atoms with E-state index in [0.717, 1.165) is 167 Å². The van der Waals surface area contributed by atoms with Crippen molar-refractivity contribution in [3.63, 3.8) is 0 Å². The number of unbranched alkanes of at least 4 members (excludes halogenated alkanes) is 9. The number of phosphoric ester groups is 1. The predicted molar refractivity (Wildman–Crippen MR) is 371 cm³/mol. The first-order valence-electron chi connectivity index (χ1n) is 32.8. The summed E-state index contributed by atoms with van der Waals surface area (Å²) < 4.78 is 34.6. The number of quaternary nitrogens is 1. The molecular weight excluding hydrogens is 1090 g/mol. The maximum Gasteiger partial charge on any atom is 0.472 e. The smallest absolute Gasteiger partial charge is 0.462 e. The van der Waals surface area contributed by atoms with Gasteiger partial charge in [-0.05, 0) is 148 Å². The SMILES string of the molecule is CC/C=C\C/C=C\C/C=C\C/C=C\C/C=C\C/C=C\C/C=C\C/C=C\C/C=C\CCCCCC(=O)OC(COC(=O)CCCCCCCC/C=C\C/C=C\C/C=C\C/C=C\C/C=C\C/C=C\C/C=C\C/C=C\CC)COP(=O)(O)OCC[N+](C)(C)C. The van der Waals surface area contributed by atoms with Gasteiger partial charge < -0.3 is 18.9 Å². The van der Waals surface area contributed by atoms with E-state index in [1.165, 1.54) is 0 Å². The van der Waals surface area contributed by atoms with Crippen molar-refractivity contribution >= 4 is 19.8 Å². The van der Waals surface area contributed by atoms with Crippen molar-refractivity contribution in [2.45, 2.75) is 213 Å². The zero-order chi connectivity index (χ0) is 62.6. The molecule has 0 radical (unpaired) electrons. The summed E-state index contributed by atoms with van der Waals surface area (Å²) >= 11 is 0. The van der Waals surface area contributed by atoms with Crippen molar-refractivity contribution in [2.75, 3.05) is 47.5 Å². The Bertz CT molecular complexity index is 2200. The molecule has 10 heteroatoms. The standard InChI is InChI=1S/C76H118NO8P/c1-6-8-10-12-14-16-18-20-22-24-26-28-30-32-34-36-38-40-42-44-46-48-50-52-54-56-58-60-62-64-66-68-75(78)82-72-74(73-84-86(80,81)83-71-70-77(3,4)5)85-76(79)69-67-65-63-61-59-57-55-53-51-49-47-45-43-41-39-37-35-33-31-29-27-25-23-21-19-17-15-13-11-9-7-2/h8-11,14-17,20-23,26-29,32-35,38-41,44-47,50-53,57,59,74H,6-7,12-13,18-19,24-25,30-31,36-37,42-43,48-49,54-56,58,60-73H2,1-5H3/p+1/b10-8-,11-9-,16-14-,17-15-,22-20-,23-21-,28-26-,29-27-,34-32-,35-33-,40-38-,41-39-,46-44-,47-45-,52-50-,53-51-,59-57-. The Morgan fingerprint density at radius 1 is 0.360 bits per heavy atom. The molecule has 0 aromatic rings. The maximum absolute atomic E-state index is 12.9. The van der Waals surface area contributed by atoms with E-state index < -0.39 is 32.5 Å². The van der Waals surface area contributed by atoms with Gasteiger partial charge in [0.1, 0.15) is 19.8 Å². The third-order valence-electron chi connectivity index (χ3n) is 12.8. The molecule has 0 heterocycles. The van der Waals surface area contributed by atoms with E-state index in [2.05, 4.69) is 220 Å². The van der Waals surface area contributed by atoms with Crippen molar-refractivity contribution in [1.82, 2.24) is 0 Å². The number of nitrogens with zero attached hydrogens (tertiary/aromatic N) is 1. The fourth-order valence-corrected chi connectivity index (χ4v) is 8.59. The van der Waals surface area contributed by atoms with Gasteiger partial charge in [-0.3, -0.25) is 18.6 Å². The van der Waals surface area contributed by atoms with Gasteiger partial charge in [-0.2, -0.15) is 0 Å². The minimum absolute atomic E-state index is 0.00915. The molecule has 86 heavy (non-hydrogen) atoms. The zero-order valence-electron chi connectivity index (χ0n) is 54.4. The second-order valence-electron chi connectivity index (χ2n) is 22.0. The lowest BCUT2D eigenvalue weighted by molar-refractivity contribution is -0.870. The molecule has 1 N–H and O–H groups in total. The highest BCUT2D eigenvalue weighted by Gasteiger charge is 2.27. The summed E-state index contributed by atoms with van der Waals surface area (Å²) in [4.78, 5) is 35.8. The van der Waals surface area contributed by atoms with Crippen LogP contribution in [0, 0.1) is 0 Å². The highest BCUT2D eigenvalue weighted by molar-refractivity contribution is 7.47. The maximum atomic E-state index is 12.9. The Kier molecular flexibility index (Phi) is 60.0. The van der Waals surface area contributed by atoms with Crippen LogP contribution < -0.4 is 0 Å².